The second-order valence-corrected chi connectivity index (χ2v) is 6.87. The van der Waals surface area contributed by atoms with Gasteiger partial charge in [-0.1, -0.05) is 64.7 Å². The second-order valence-electron chi connectivity index (χ2n) is 4.88. The van der Waals surface area contributed by atoms with E-state index in [-0.39, 0.29) is 37.6 Å². The van der Waals surface area contributed by atoms with Crippen molar-refractivity contribution < 1.29 is 65.7 Å². The maximum atomic E-state index is 10.2. The smallest absolute Gasteiger partial charge is 1.00 e. The molecule has 0 aliphatic carbocycles. The van der Waals surface area contributed by atoms with Crippen LogP contribution in [-0.4, -0.2) is 37.1 Å². The third-order valence-corrected chi connectivity index (χ3v) is 3.19. The maximum Gasteiger partial charge on any atom is 1.00 e. The Bertz CT molecular complexity index is 434. The number of hydrogen-bond acceptors (Lipinski definition) is 5. The first-order valence-corrected chi connectivity index (χ1v) is 10.1. The van der Waals surface area contributed by atoms with Crippen molar-refractivity contribution in [1.29, 1.82) is 0 Å². The van der Waals surface area contributed by atoms with Crippen molar-refractivity contribution in [2.24, 2.45) is 0 Å². The summed E-state index contributed by atoms with van der Waals surface area (Å²) in [6.45, 7) is 2.31. The van der Waals surface area contributed by atoms with Crippen molar-refractivity contribution in [1.82, 2.24) is 0 Å². The number of unbranched alkanes of at least 4 members (excludes halogenated alkanes) is 9. The van der Waals surface area contributed by atoms with E-state index in [1.54, 1.807) is 0 Å². The van der Waals surface area contributed by atoms with E-state index in [9.17, 15) is 8.42 Å². The minimum absolute atomic E-state index is 0. The van der Waals surface area contributed by atoms with Gasteiger partial charge in [0.25, 0.3) is 0 Å². The predicted octanol–water partition coefficient (Wildman–Crippen LogP) is 0.190. The molecule has 0 unspecified atom stereocenters. The average Bonchev–Trinajstić information content (AvgIpc) is 2.32. The molecule has 0 atom stereocenters. The summed E-state index contributed by atoms with van der Waals surface area (Å²) in [7, 11) is -8.90. The van der Waals surface area contributed by atoms with Crippen molar-refractivity contribution in [2.75, 3.05) is 6.61 Å². The molecule has 0 aromatic heterocycles. The van der Waals surface area contributed by atoms with E-state index in [1.807, 2.05) is 0 Å². The molecule has 0 heterocycles. The van der Waals surface area contributed by atoms with Crippen LogP contribution in [-0.2, 0) is 25.0 Å². The van der Waals surface area contributed by atoms with E-state index < -0.39 is 20.8 Å². The number of hydrogen-bond donors (Lipinski definition) is 3. The first kappa shape index (κ1) is 28.5. The van der Waals surface area contributed by atoms with Gasteiger partial charge >= 0.3 is 50.4 Å². The molecule has 0 bridgehead atoms. The van der Waals surface area contributed by atoms with Crippen LogP contribution in [0.2, 0.25) is 0 Å². The van der Waals surface area contributed by atoms with Crippen molar-refractivity contribution in [3.63, 3.8) is 0 Å². The van der Waals surface area contributed by atoms with Crippen molar-refractivity contribution in [3.05, 3.63) is 0 Å². The summed E-state index contributed by atoms with van der Waals surface area (Å²) in [4.78, 5) is 0. The van der Waals surface area contributed by atoms with Gasteiger partial charge in [0.1, 0.15) is 0 Å². The molecule has 0 aromatic rings. The molecule has 0 fully saturated rings. The average molecular weight is 388 g/mol. The summed E-state index contributed by atoms with van der Waals surface area (Å²) in [6, 6.07) is 0. The van der Waals surface area contributed by atoms with Crippen LogP contribution in [0.4, 0.5) is 0 Å². The maximum absolute atomic E-state index is 10.2. The zero-order valence-electron chi connectivity index (χ0n) is 15.0. The van der Waals surface area contributed by atoms with Gasteiger partial charge in [-0.25, -0.2) is 4.18 Å². The van der Waals surface area contributed by atoms with Crippen LogP contribution in [0.5, 0.6) is 0 Å². The summed E-state index contributed by atoms with van der Waals surface area (Å²) in [5.41, 5.74) is 0. The molecule has 3 N–H and O–H groups in total. The third-order valence-electron chi connectivity index (χ3n) is 2.73. The van der Waals surface area contributed by atoms with E-state index >= 15 is 0 Å². The van der Waals surface area contributed by atoms with Crippen molar-refractivity contribution >= 4 is 20.8 Å². The van der Waals surface area contributed by atoms with E-state index in [1.165, 1.54) is 44.9 Å². The minimum atomic E-state index is -4.67. The summed E-state index contributed by atoms with van der Waals surface area (Å²) in [6.07, 6.45) is 11.9. The quantitative estimate of drug-likeness (QED) is 0.245. The van der Waals surface area contributed by atoms with Crippen LogP contribution >= 0.6 is 0 Å². The molecule has 0 amide bonds. The Kier molecular flexibility index (Phi) is 21.8. The van der Waals surface area contributed by atoms with E-state index in [2.05, 4.69) is 11.1 Å². The topological polar surface area (TPSA) is 138 Å². The summed E-state index contributed by atoms with van der Waals surface area (Å²) >= 11 is 0. The fraction of sp³-hybridized carbons (Fsp3) is 1.00. The molecule has 0 spiro atoms. The molecule has 8 nitrogen and oxygen atoms in total. The molecular formula is C12H29NaO8S2. The largest absolute Gasteiger partial charge is 1.00 e. The Morgan fingerprint density at radius 1 is 0.739 bits per heavy atom. The SMILES string of the molecule is CCCCCCCCCCCCOS(=O)(=O)O.O=S(=O)(O)O.[H-].[Na+]. The van der Waals surface area contributed by atoms with Gasteiger partial charge in [0.2, 0.25) is 0 Å². The Morgan fingerprint density at radius 2 is 1.04 bits per heavy atom. The van der Waals surface area contributed by atoms with Gasteiger partial charge in [-0.3, -0.25) is 13.7 Å². The fourth-order valence-corrected chi connectivity index (χ4v) is 2.08. The normalized spacial score (nSPS) is 11.3. The summed E-state index contributed by atoms with van der Waals surface area (Å²) in [5, 5.41) is 0. The molecule has 0 saturated heterocycles. The van der Waals surface area contributed by atoms with Crippen LogP contribution in [0.15, 0.2) is 0 Å². The van der Waals surface area contributed by atoms with Crippen LogP contribution in [0.3, 0.4) is 0 Å². The van der Waals surface area contributed by atoms with E-state index in [0.717, 1.165) is 12.8 Å². The predicted molar refractivity (Wildman–Crippen MR) is 84.6 cm³/mol. The van der Waals surface area contributed by atoms with E-state index in [0.29, 0.717) is 6.42 Å². The standard InChI is InChI=1S/C12H26O4S.Na.H2O4S.H/c1-2-3-4-5-6-7-8-9-10-11-12-16-17(13,14)15;;1-5(2,3)4;/h2-12H2,1H3,(H,13,14,15);;(H2,1,2,3,4);/q;+1;;-1. The monoisotopic (exact) mass is 388 g/mol. The van der Waals surface area contributed by atoms with Gasteiger partial charge in [0.05, 0.1) is 6.61 Å². The van der Waals surface area contributed by atoms with Gasteiger partial charge < -0.3 is 1.43 Å². The van der Waals surface area contributed by atoms with Gasteiger partial charge in [0.15, 0.2) is 0 Å². The van der Waals surface area contributed by atoms with Crippen LogP contribution in [0, 0.1) is 0 Å². The molecule has 0 saturated carbocycles. The van der Waals surface area contributed by atoms with Crippen LogP contribution in [0.1, 0.15) is 72.6 Å². The molecule has 0 rings (SSSR count). The molecule has 0 radical (unpaired) electrons. The Hall–Kier alpha value is 0.740. The number of rotatable bonds is 12. The minimum Gasteiger partial charge on any atom is -1.00 e. The summed E-state index contributed by atoms with van der Waals surface area (Å²) in [5.74, 6) is 0. The Labute approximate surface area is 163 Å². The molecular weight excluding hydrogens is 359 g/mol. The van der Waals surface area contributed by atoms with Gasteiger partial charge in [-0.2, -0.15) is 16.8 Å². The zero-order chi connectivity index (χ0) is 17.5. The molecule has 0 aromatic carbocycles. The van der Waals surface area contributed by atoms with Gasteiger partial charge in [0, 0.05) is 0 Å². The molecule has 11 heteroatoms. The molecule has 0 aliphatic rings. The van der Waals surface area contributed by atoms with Crippen LogP contribution < -0.4 is 29.6 Å². The third kappa shape index (κ3) is 45.0. The molecule has 138 valence electrons. The van der Waals surface area contributed by atoms with Crippen LogP contribution in [0.25, 0.3) is 0 Å². The Morgan fingerprint density at radius 3 is 1.35 bits per heavy atom. The van der Waals surface area contributed by atoms with Gasteiger partial charge in [-0.15, -0.1) is 0 Å². The van der Waals surface area contributed by atoms with Crippen molar-refractivity contribution in [3.8, 4) is 0 Å². The second kappa shape index (κ2) is 17.6. The van der Waals surface area contributed by atoms with E-state index in [4.69, 9.17) is 22.1 Å². The van der Waals surface area contributed by atoms with Gasteiger partial charge in [-0.05, 0) is 6.42 Å². The first-order valence-electron chi connectivity index (χ1n) is 7.38. The molecule has 23 heavy (non-hydrogen) atoms. The first-order chi connectivity index (χ1) is 10.1. The Balaban J connectivity index is -0.000000250. The summed E-state index contributed by atoms with van der Waals surface area (Å²) < 4.78 is 64.6. The van der Waals surface area contributed by atoms with Crippen molar-refractivity contribution in [2.45, 2.75) is 71.1 Å². The molecule has 0 aliphatic heterocycles. The zero-order valence-corrected chi connectivity index (χ0v) is 17.6. The fourth-order valence-electron chi connectivity index (χ4n) is 1.75.